The van der Waals surface area contributed by atoms with Crippen LogP contribution in [0.3, 0.4) is 0 Å². The second kappa shape index (κ2) is 6.50. The van der Waals surface area contributed by atoms with E-state index in [2.05, 4.69) is 37.9 Å². The Balaban J connectivity index is 2.34. The quantitative estimate of drug-likeness (QED) is 0.720. The number of nitrogens with two attached hydrogens (primary N) is 1. The van der Waals surface area contributed by atoms with Crippen LogP contribution in [0, 0.1) is 0 Å². The van der Waals surface area contributed by atoms with Crippen LogP contribution in [0.15, 0.2) is 0 Å². The lowest BCUT2D eigenvalue weighted by Crippen LogP contribution is -2.55. The molecule has 1 rings (SSSR count). The number of hydrogen-bond donors (Lipinski definition) is 2. The monoisotopic (exact) mass is 257 g/mol. The molecule has 1 heterocycles. The predicted molar refractivity (Wildman–Crippen MR) is 72.3 cm³/mol. The summed E-state index contributed by atoms with van der Waals surface area (Å²) in [6.45, 7) is 11.0. The maximum absolute atomic E-state index is 12.0. The standard InChI is InChI=1S/C13H27N3O2/c1-10(2)16(11(3)4)7-6-15-12(17)13(14)5-8-18-9-13/h10-11H,5-9,14H2,1-4H3,(H,15,17). The van der Waals surface area contributed by atoms with E-state index in [0.29, 0.717) is 38.3 Å². The molecule has 1 aliphatic rings. The highest BCUT2D eigenvalue weighted by Gasteiger charge is 2.37. The van der Waals surface area contributed by atoms with Gasteiger partial charge in [0.25, 0.3) is 0 Å². The molecule has 0 bridgehead atoms. The molecule has 1 amide bonds. The number of nitrogens with zero attached hydrogens (tertiary/aromatic N) is 1. The van der Waals surface area contributed by atoms with Crippen molar-refractivity contribution in [3.8, 4) is 0 Å². The van der Waals surface area contributed by atoms with Gasteiger partial charge in [-0.3, -0.25) is 9.69 Å². The predicted octanol–water partition coefficient (Wildman–Crippen LogP) is 0.339. The summed E-state index contributed by atoms with van der Waals surface area (Å²) in [5.74, 6) is -0.0903. The first-order valence-corrected chi connectivity index (χ1v) is 6.77. The summed E-state index contributed by atoms with van der Waals surface area (Å²) in [5.41, 5.74) is 5.17. The molecule has 1 unspecified atom stereocenters. The van der Waals surface area contributed by atoms with Gasteiger partial charge in [0, 0.05) is 31.8 Å². The Hall–Kier alpha value is -0.650. The SMILES string of the molecule is CC(C)N(CCNC(=O)C1(N)CCOC1)C(C)C. The van der Waals surface area contributed by atoms with Crippen LogP contribution < -0.4 is 11.1 Å². The zero-order chi connectivity index (χ0) is 13.8. The van der Waals surface area contributed by atoms with Crippen LogP contribution in [0.5, 0.6) is 0 Å². The molecule has 5 heteroatoms. The molecule has 5 nitrogen and oxygen atoms in total. The molecule has 0 aromatic rings. The molecule has 0 aliphatic carbocycles. The van der Waals surface area contributed by atoms with E-state index in [-0.39, 0.29) is 5.91 Å². The summed E-state index contributed by atoms with van der Waals surface area (Å²) in [5, 5.41) is 2.92. The van der Waals surface area contributed by atoms with Crippen LogP contribution in [-0.4, -0.2) is 54.7 Å². The molecule has 0 saturated carbocycles. The molecule has 0 aromatic carbocycles. The van der Waals surface area contributed by atoms with Gasteiger partial charge < -0.3 is 15.8 Å². The average Bonchev–Trinajstić information content (AvgIpc) is 2.71. The molecule has 106 valence electrons. The Morgan fingerprint density at radius 3 is 2.44 bits per heavy atom. The van der Waals surface area contributed by atoms with Crippen LogP contribution in [0.1, 0.15) is 34.1 Å². The third-order valence-corrected chi connectivity index (χ3v) is 3.49. The minimum Gasteiger partial charge on any atom is -0.379 e. The lowest BCUT2D eigenvalue weighted by molar-refractivity contribution is -0.126. The summed E-state index contributed by atoms with van der Waals surface area (Å²) in [6, 6.07) is 0.951. The normalized spacial score (nSPS) is 24.2. The fraction of sp³-hybridized carbons (Fsp3) is 0.923. The highest BCUT2D eigenvalue weighted by molar-refractivity contribution is 5.86. The van der Waals surface area contributed by atoms with Crippen LogP contribution in [-0.2, 0) is 9.53 Å². The highest BCUT2D eigenvalue weighted by Crippen LogP contribution is 2.15. The molecule has 0 aromatic heterocycles. The van der Waals surface area contributed by atoms with E-state index in [4.69, 9.17) is 10.5 Å². The van der Waals surface area contributed by atoms with Gasteiger partial charge in [-0.25, -0.2) is 0 Å². The second-order valence-corrected chi connectivity index (χ2v) is 5.64. The number of hydrogen-bond acceptors (Lipinski definition) is 4. The first-order chi connectivity index (χ1) is 8.37. The molecular weight excluding hydrogens is 230 g/mol. The van der Waals surface area contributed by atoms with Gasteiger partial charge in [-0.05, 0) is 34.1 Å². The van der Waals surface area contributed by atoms with E-state index in [0.717, 1.165) is 6.54 Å². The van der Waals surface area contributed by atoms with Crippen molar-refractivity contribution in [2.45, 2.75) is 51.7 Å². The van der Waals surface area contributed by atoms with Crippen molar-refractivity contribution < 1.29 is 9.53 Å². The first-order valence-electron chi connectivity index (χ1n) is 6.77. The molecule has 1 atom stereocenters. The lowest BCUT2D eigenvalue weighted by Gasteiger charge is -2.31. The van der Waals surface area contributed by atoms with Crippen LogP contribution in [0.25, 0.3) is 0 Å². The summed E-state index contributed by atoms with van der Waals surface area (Å²) in [4.78, 5) is 14.3. The van der Waals surface area contributed by atoms with Crippen molar-refractivity contribution in [3.63, 3.8) is 0 Å². The van der Waals surface area contributed by atoms with E-state index in [1.807, 2.05) is 0 Å². The summed E-state index contributed by atoms with van der Waals surface area (Å²) in [6.07, 6.45) is 0.608. The maximum Gasteiger partial charge on any atom is 0.242 e. The molecule has 0 radical (unpaired) electrons. The molecule has 1 fully saturated rings. The van der Waals surface area contributed by atoms with Gasteiger partial charge >= 0.3 is 0 Å². The molecule has 0 spiro atoms. The van der Waals surface area contributed by atoms with E-state index >= 15 is 0 Å². The number of carbonyl (C=O) groups is 1. The van der Waals surface area contributed by atoms with E-state index in [1.54, 1.807) is 0 Å². The minimum atomic E-state index is -0.819. The third-order valence-electron chi connectivity index (χ3n) is 3.49. The largest absolute Gasteiger partial charge is 0.379 e. The maximum atomic E-state index is 12.0. The Kier molecular flexibility index (Phi) is 5.56. The molecule has 3 N–H and O–H groups in total. The summed E-state index contributed by atoms with van der Waals surface area (Å²) in [7, 11) is 0. The van der Waals surface area contributed by atoms with Gasteiger partial charge in [-0.15, -0.1) is 0 Å². The number of ether oxygens (including phenoxy) is 1. The number of carbonyl (C=O) groups excluding carboxylic acids is 1. The van der Waals surface area contributed by atoms with Crippen LogP contribution in [0.2, 0.25) is 0 Å². The molecule has 18 heavy (non-hydrogen) atoms. The van der Waals surface area contributed by atoms with Crippen molar-refractivity contribution in [1.82, 2.24) is 10.2 Å². The van der Waals surface area contributed by atoms with E-state index < -0.39 is 5.54 Å². The zero-order valence-electron chi connectivity index (χ0n) is 12.0. The van der Waals surface area contributed by atoms with Gasteiger partial charge in [0.05, 0.1) is 6.61 Å². The smallest absolute Gasteiger partial charge is 0.242 e. The Morgan fingerprint density at radius 1 is 1.39 bits per heavy atom. The van der Waals surface area contributed by atoms with Crippen molar-refractivity contribution in [2.75, 3.05) is 26.3 Å². The molecular formula is C13H27N3O2. The van der Waals surface area contributed by atoms with Crippen molar-refractivity contribution in [3.05, 3.63) is 0 Å². The zero-order valence-corrected chi connectivity index (χ0v) is 12.0. The van der Waals surface area contributed by atoms with Crippen LogP contribution >= 0.6 is 0 Å². The first kappa shape index (κ1) is 15.4. The average molecular weight is 257 g/mol. The summed E-state index contributed by atoms with van der Waals surface area (Å²) < 4.78 is 5.19. The molecule has 1 aliphatic heterocycles. The van der Waals surface area contributed by atoms with Gasteiger partial charge in [0.15, 0.2) is 0 Å². The Morgan fingerprint density at radius 2 is 2.00 bits per heavy atom. The lowest BCUT2D eigenvalue weighted by atomic mass is 9.99. The fourth-order valence-corrected chi connectivity index (χ4v) is 2.35. The van der Waals surface area contributed by atoms with E-state index in [1.165, 1.54) is 0 Å². The van der Waals surface area contributed by atoms with Gasteiger partial charge in [-0.2, -0.15) is 0 Å². The molecule has 1 saturated heterocycles. The number of nitrogens with one attached hydrogen (secondary N) is 1. The number of rotatable bonds is 6. The second-order valence-electron chi connectivity index (χ2n) is 5.64. The summed E-state index contributed by atoms with van der Waals surface area (Å²) >= 11 is 0. The Bertz CT molecular complexity index is 265. The number of amides is 1. The minimum absolute atomic E-state index is 0.0903. The topological polar surface area (TPSA) is 67.6 Å². The van der Waals surface area contributed by atoms with Gasteiger partial charge in [0.2, 0.25) is 5.91 Å². The van der Waals surface area contributed by atoms with Crippen molar-refractivity contribution in [2.24, 2.45) is 5.73 Å². The highest BCUT2D eigenvalue weighted by atomic mass is 16.5. The van der Waals surface area contributed by atoms with Gasteiger partial charge in [0.1, 0.15) is 5.54 Å². The Labute approximate surface area is 110 Å². The van der Waals surface area contributed by atoms with Gasteiger partial charge in [-0.1, -0.05) is 0 Å². The van der Waals surface area contributed by atoms with Crippen molar-refractivity contribution >= 4 is 5.91 Å². The third kappa shape index (κ3) is 3.93. The van der Waals surface area contributed by atoms with Crippen molar-refractivity contribution in [1.29, 1.82) is 0 Å². The van der Waals surface area contributed by atoms with E-state index in [9.17, 15) is 4.79 Å². The fourth-order valence-electron chi connectivity index (χ4n) is 2.35. The van der Waals surface area contributed by atoms with Crippen LogP contribution in [0.4, 0.5) is 0 Å².